The van der Waals surface area contributed by atoms with Gasteiger partial charge in [-0.3, -0.25) is 13.9 Å². The second-order valence-electron chi connectivity index (χ2n) is 12.1. The molecule has 10 nitrogen and oxygen atoms in total. The number of hydrogen-bond donors (Lipinski definition) is 1. The zero-order valence-electron chi connectivity index (χ0n) is 28.9. The number of ether oxygens (including phenoxy) is 3. The number of aryl methyl sites for hydroxylation is 1. The summed E-state index contributed by atoms with van der Waals surface area (Å²) in [6, 6.07) is 26.8. The highest BCUT2D eigenvalue weighted by Crippen LogP contribution is 2.36. The zero-order chi connectivity index (χ0) is 35.6. The van der Waals surface area contributed by atoms with Gasteiger partial charge in [-0.15, -0.1) is 0 Å². The molecule has 0 fully saturated rings. The first-order chi connectivity index (χ1) is 23.5. The minimum Gasteiger partial charge on any atom is -0.497 e. The van der Waals surface area contributed by atoms with Crippen LogP contribution in [0, 0.1) is 12.8 Å². The van der Waals surface area contributed by atoms with Crippen molar-refractivity contribution in [2.75, 3.05) is 38.7 Å². The molecule has 0 bridgehead atoms. The van der Waals surface area contributed by atoms with E-state index in [-0.39, 0.29) is 41.1 Å². The maximum atomic E-state index is 14.8. The minimum absolute atomic E-state index is 0.00868. The lowest BCUT2D eigenvalue weighted by molar-refractivity contribution is -0.140. The average Bonchev–Trinajstić information content (AvgIpc) is 3.11. The smallest absolute Gasteiger partial charge is 0.264 e. The number of carbonyl (C=O) groups is 2. The summed E-state index contributed by atoms with van der Waals surface area (Å²) in [6.07, 6.45) is 0.202. The molecule has 1 N–H and O–H groups in total. The number of nitrogens with one attached hydrogen (secondary N) is 1. The Hall–Kier alpha value is -5.03. The number of carbonyl (C=O) groups excluding carboxylic acids is 2. The third kappa shape index (κ3) is 9.54. The van der Waals surface area contributed by atoms with E-state index in [2.05, 4.69) is 5.32 Å². The summed E-state index contributed by atoms with van der Waals surface area (Å²) in [7, 11) is 0.105. The number of benzene rings is 4. The summed E-state index contributed by atoms with van der Waals surface area (Å²) in [6.45, 7) is 5.61. The molecule has 0 saturated heterocycles. The first-order valence-electron chi connectivity index (χ1n) is 16.0. The maximum Gasteiger partial charge on any atom is 0.264 e. The fourth-order valence-corrected chi connectivity index (χ4v) is 6.70. The van der Waals surface area contributed by atoms with Gasteiger partial charge >= 0.3 is 0 Å². The molecule has 0 aliphatic carbocycles. The van der Waals surface area contributed by atoms with E-state index in [9.17, 15) is 18.0 Å². The molecule has 0 aliphatic heterocycles. The standard InChI is InChI=1S/C38H45N3O7S/c1-27(2)24-39-38(43)35(22-29-11-8-7-9-12-29)40(25-30-13-10-14-31(21-30)46-4)37(42)26-41(34-23-32(47-5)17-20-36(34)48-6)49(44,45)33-18-15-28(3)16-19-33/h7-21,23,27,35H,22,24-26H2,1-6H3,(H,39,43)/t35-/m1/s1. The first-order valence-corrected chi connectivity index (χ1v) is 17.5. The average molecular weight is 688 g/mol. The Morgan fingerprint density at radius 1 is 0.776 bits per heavy atom. The van der Waals surface area contributed by atoms with Crippen molar-refractivity contribution in [3.05, 3.63) is 114 Å². The van der Waals surface area contributed by atoms with E-state index >= 15 is 0 Å². The highest BCUT2D eigenvalue weighted by molar-refractivity contribution is 7.92. The number of anilines is 1. The number of hydrogen-bond acceptors (Lipinski definition) is 7. The normalized spacial score (nSPS) is 11.8. The van der Waals surface area contributed by atoms with Crippen LogP contribution in [-0.2, 0) is 32.6 Å². The van der Waals surface area contributed by atoms with Crippen molar-refractivity contribution in [1.29, 1.82) is 0 Å². The predicted molar refractivity (Wildman–Crippen MR) is 191 cm³/mol. The van der Waals surface area contributed by atoms with Crippen LogP contribution < -0.4 is 23.8 Å². The minimum atomic E-state index is -4.34. The largest absolute Gasteiger partial charge is 0.497 e. The SMILES string of the molecule is COc1cccc(CN(C(=O)CN(c2cc(OC)ccc2OC)S(=O)(=O)c2ccc(C)cc2)[C@H](Cc2ccccc2)C(=O)NCC(C)C)c1. The molecule has 0 spiro atoms. The van der Waals surface area contributed by atoms with Crippen LogP contribution in [0.25, 0.3) is 0 Å². The second-order valence-corrected chi connectivity index (χ2v) is 13.9. The van der Waals surface area contributed by atoms with Gasteiger partial charge in [-0.1, -0.05) is 74.0 Å². The molecule has 0 radical (unpaired) electrons. The van der Waals surface area contributed by atoms with Gasteiger partial charge in [0.25, 0.3) is 10.0 Å². The van der Waals surface area contributed by atoms with E-state index in [0.29, 0.717) is 23.6 Å². The van der Waals surface area contributed by atoms with Crippen molar-refractivity contribution in [3.63, 3.8) is 0 Å². The summed E-state index contributed by atoms with van der Waals surface area (Å²) in [5, 5.41) is 3.00. The van der Waals surface area contributed by atoms with Gasteiger partial charge in [0.2, 0.25) is 11.8 Å². The summed E-state index contributed by atoms with van der Waals surface area (Å²) in [5.41, 5.74) is 2.53. The quantitative estimate of drug-likeness (QED) is 0.163. The van der Waals surface area contributed by atoms with Crippen molar-refractivity contribution in [2.24, 2.45) is 5.92 Å². The lowest BCUT2D eigenvalue weighted by Crippen LogP contribution is -2.53. The Balaban J connectivity index is 1.87. The summed E-state index contributed by atoms with van der Waals surface area (Å²) >= 11 is 0. The van der Waals surface area contributed by atoms with Crippen molar-refractivity contribution in [2.45, 2.75) is 44.7 Å². The van der Waals surface area contributed by atoms with Crippen molar-refractivity contribution in [1.82, 2.24) is 10.2 Å². The summed E-state index contributed by atoms with van der Waals surface area (Å²) in [4.78, 5) is 30.2. The first kappa shape index (κ1) is 36.8. The predicted octanol–water partition coefficient (Wildman–Crippen LogP) is 5.63. The second kappa shape index (κ2) is 16.9. The molecule has 4 aromatic carbocycles. The van der Waals surface area contributed by atoms with Gasteiger partial charge in [-0.05, 0) is 60.4 Å². The van der Waals surface area contributed by atoms with Gasteiger partial charge in [-0.25, -0.2) is 8.42 Å². The van der Waals surface area contributed by atoms with Crippen LogP contribution in [-0.4, -0.2) is 65.6 Å². The molecule has 0 heterocycles. The van der Waals surface area contributed by atoms with Gasteiger partial charge in [0, 0.05) is 25.6 Å². The van der Waals surface area contributed by atoms with Crippen molar-refractivity contribution in [3.8, 4) is 17.2 Å². The van der Waals surface area contributed by atoms with E-state index in [1.165, 1.54) is 37.3 Å². The van der Waals surface area contributed by atoms with E-state index in [1.807, 2.05) is 57.2 Å². The van der Waals surface area contributed by atoms with Crippen molar-refractivity contribution >= 4 is 27.5 Å². The van der Waals surface area contributed by atoms with Gasteiger partial charge < -0.3 is 24.4 Å². The number of rotatable bonds is 16. The molecule has 1 atom stereocenters. The Kier molecular flexibility index (Phi) is 12.7. The van der Waals surface area contributed by atoms with Gasteiger partial charge in [0.15, 0.2) is 0 Å². The molecule has 0 aromatic heterocycles. The van der Waals surface area contributed by atoms with Gasteiger partial charge in [-0.2, -0.15) is 0 Å². The van der Waals surface area contributed by atoms with E-state index in [4.69, 9.17) is 14.2 Å². The summed E-state index contributed by atoms with van der Waals surface area (Å²) in [5.74, 6) is 0.400. The third-order valence-electron chi connectivity index (χ3n) is 7.99. The fourth-order valence-electron chi connectivity index (χ4n) is 5.29. The molecular formula is C38H45N3O7S. The Morgan fingerprint density at radius 2 is 1.43 bits per heavy atom. The Labute approximate surface area is 289 Å². The number of methoxy groups -OCH3 is 3. The highest BCUT2D eigenvalue weighted by Gasteiger charge is 2.36. The third-order valence-corrected chi connectivity index (χ3v) is 9.76. The molecule has 4 rings (SSSR count). The molecule has 2 amide bonds. The van der Waals surface area contributed by atoms with Gasteiger partial charge in [0.05, 0.1) is 31.9 Å². The molecule has 11 heteroatoms. The molecule has 49 heavy (non-hydrogen) atoms. The summed E-state index contributed by atoms with van der Waals surface area (Å²) < 4.78 is 46.4. The van der Waals surface area contributed by atoms with Gasteiger partial charge in [0.1, 0.15) is 29.8 Å². The molecule has 0 unspecified atom stereocenters. The molecule has 0 aliphatic rings. The molecule has 4 aromatic rings. The lowest BCUT2D eigenvalue weighted by atomic mass is 10.0. The monoisotopic (exact) mass is 687 g/mol. The van der Waals surface area contributed by atoms with E-state index in [0.717, 1.165) is 15.4 Å². The van der Waals surface area contributed by atoms with E-state index < -0.39 is 28.5 Å². The highest BCUT2D eigenvalue weighted by atomic mass is 32.2. The maximum absolute atomic E-state index is 14.8. The topological polar surface area (TPSA) is 114 Å². The van der Waals surface area contributed by atoms with Crippen LogP contribution >= 0.6 is 0 Å². The van der Waals surface area contributed by atoms with Crippen molar-refractivity contribution < 1.29 is 32.2 Å². The van der Waals surface area contributed by atoms with Crippen LogP contribution in [0.5, 0.6) is 17.2 Å². The Morgan fingerprint density at radius 3 is 2.06 bits per heavy atom. The van der Waals surface area contributed by atoms with Crippen LogP contribution in [0.3, 0.4) is 0 Å². The molecule has 260 valence electrons. The van der Waals surface area contributed by atoms with Crippen LogP contribution in [0.15, 0.2) is 102 Å². The van der Waals surface area contributed by atoms with Crippen LogP contribution in [0.2, 0.25) is 0 Å². The lowest BCUT2D eigenvalue weighted by Gasteiger charge is -2.34. The number of sulfonamides is 1. The zero-order valence-corrected chi connectivity index (χ0v) is 29.7. The number of nitrogens with zero attached hydrogens (tertiary/aromatic N) is 2. The van der Waals surface area contributed by atoms with E-state index in [1.54, 1.807) is 49.6 Å². The van der Waals surface area contributed by atoms with Crippen LogP contribution in [0.4, 0.5) is 5.69 Å². The Bertz CT molecular complexity index is 1810. The van der Waals surface area contributed by atoms with Crippen LogP contribution in [0.1, 0.15) is 30.5 Å². The number of amides is 2. The fraction of sp³-hybridized carbons (Fsp3) is 0.316. The molecule has 0 saturated carbocycles. The molecular weight excluding hydrogens is 642 g/mol.